The lowest BCUT2D eigenvalue weighted by molar-refractivity contribution is 0.0695. The number of nitrogen functional groups attached to an aromatic ring is 3. The minimum Gasteiger partial charge on any atom is -0.478 e. The first kappa shape index (κ1) is 30.7. The molecule has 2 amide bonds. The van der Waals surface area contributed by atoms with Gasteiger partial charge in [-0.15, -0.1) is 0 Å². The van der Waals surface area contributed by atoms with E-state index in [2.05, 4.69) is 25.9 Å². The van der Waals surface area contributed by atoms with Crippen molar-refractivity contribution in [1.82, 2.24) is 25.0 Å². The van der Waals surface area contributed by atoms with Crippen molar-refractivity contribution in [3.63, 3.8) is 0 Å². The zero-order valence-corrected chi connectivity index (χ0v) is 24.8. The highest BCUT2D eigenvalue weighted by molar-refractivity contribution is 5.99. The Morgan fingerprint density at radius 3 is 2.51 bits per heavy atom. The monoisotopic (exact) mass is 641 g/mol. The summed E-state index contributed by atoms with van der Waals surface area (Å²) in [6.45, 7) is 1.53. The van der Waals surface area contributed by atoms with Crippen LogP contribution in [0.15, 0.2) is 46.0 Å². The smallest absolute Gasteiger partial charge is 0.335 e. The fourth-order valence-corrected chi connectivity index (χ4v) is 5.82. The van der Waals surface area contributed by atoms with Gasteiger partial charge in [-0.1, -0.05) is 12.1 Å². The van der Waals surface area contributed by atoms with Crippen LogP contribution in [0, 0.1) is 12.7 Å². The lowest BCUT2D eigenvalue weighted by atomic mass is 9.98. The van der Waals surface area contributed by atoms with Gasteiger partial charge >= 0.3 is 5.97 Å². The molecule has 15 nitrogen and oxygen atoms in total. The predicted octanol–water partition coefficient (Wildman–Crippen LogP) is 1.18. The van der Waals surface area contributed by atoms with Crippen molar-refractivity contribution in [2.24, 2.45) is 0 Å². The molecule has 3 aromatic carbocycles. The molecule has 0 bridgehead atoms. The number of anilines is 4. The van der Waals surface area contributed by atoms with Gasteiger partial charge in [0.25, 0.3) is 22.7 Å². The number of benzene rings is 2. The van der Waals surface area contributed by atoms with Crippen LogP contribution in [0.3, 0.4) is 0 Å². The highest BCUT2D eigenvalue weighted by Gasteiger charge is 2.29. The molecule has 0 saturated heterocycles. The standard InChI is InChI=1S/C31H28FN9O6/c1-12-15-5-7-19(17(15)4-3-16(12)30(46)47)39-28(44)20-9-21(41-27(38-20)26(34)40-31(41)35)29(45)37-10-13-2-6-18(32)14(8-13)11-36-23-22(33)24(42)25(23)43/h2-4,6,8-9,19,36H,5,7,10-11,33-34H2,1H3,(H2,35,40)(H,37,45)(H,39,44)(H,46,47)/t19-/m0/s1. The molecule has 1 aliphatic rings. The summed E-state index contributed by atoms with van der Waals surface area (Å²) in [5.74, 6) is -3.12. The van der Waals surface area contributed by atoms with Gasteiger partial charge in [-0.05, 0) is 66.3 Å². The Labute approximate surface area is 264 Å². The molecule has 1 atom stereocenters. The molecule has 0 saturated carbocycles. The van der Waals surface area contributed by atoms with E-state index < -0.39 is 40.5 Å². The molecule has 47 heavy (non-hydrogen) atoms. The van der Waals surface area contributed by atoms with Gasteiger partial charge in [0, 0.05) is 18.7 Å². The quantitative estimate of drug-likeness (QED) is 0.112. The molecular weight excluding hydrogens is 613 g/mol. The van der Waals surface area contributed by atoms with E-state index in [0.29, 0.717) is 24.0 Å². The van der Waals surface area contributed by atoms with Crippen molar-refractivity contribution < 1.29 is 23.9 Å². The Hall–Kier alpha value is -6.32. The molecule has 0 radical (unpaired) electrons. The summed E-state index contributed by atoms with van der Waals surface area (Å²) in [7, 11) is 0. The van der Waals surface area contributed by atoms with Crippen LogP contribution in [-0.2, 0) is 19.5 Å². The van der Waals surface area contributed by atoms with Crippen LogP contribution in [0.5, 0.6) is 0 Å². The fraction of sp³-hybridized carbons (Fsp3) is 0.194. The van der Waals surface area contributed by atoms with Crippen molar-refractivity contribution in [3.05, 3.63) is 107 Å². The number of carboxylic acids is 1. The van der Waals surface area contributed by atoms with Crippen LogP contribution in [0.25, 0.3) is 5.65 Å². The van der Waals surface area contributed by atoms with Crippen LogP contribution in [-0.4, -0.2) is 37.3 Å². The van der Waals surface area contributed by atoms with Gasteiger partial charge in [-0.3, -0.25) is 23.6 Å². The zero-order chi connectivity index (χ0) is 33.7. The molecule has 2 aromatic heterocycles. The fourth-order valence-electron chi connectivity index (χ4n) is 5.82. The van der Waals surface area contributed by atoms with E-state index >= 15 is 0 Å². The zero-order valence-electron chi connectivity index (χ0n) is 24.8. The predicted molar refractivity (Wildman–Crippen MR) is 169 cm³/mol. The first-order valence-corrected chi connectivity index (χ1v) is 14.3. The highest BCUT2D eigenvalue weighted by Crippen LogP contribution is 2.35. The summed E-state index contributed by atoms with van der Waals surface area (Å²) < 4.78 is 15.7. The third kappa shape index (κ3) is 5.34. The van der Waals surface area contributed by atoms with Crippen LogP contribution < -0.4 is 44.0 Å². The van der Waals surface area contributed by atoms with E-state index in [9.17, 15) is 33.5 Å². The lowest BCUT2D eigenvalue weighted by Crippen LogP contribution is -2.37. The second kappa shape index (κ2) is 11.6. The maximum absolute atomic E-state index is 14.5. The normalized spacial score (nSPS) is 13.9. The van der Waals surface area contributed by atoms with Crippen molar-refractivity contribution in [1.29, 1.82) is 0 Å². The van der Waals surface area contributed by atoms with E-state index in [0.717, 1.165) is 11.1 Å². The number of carboxylic acid groups (broad SMARTS) is 1. The lowest BCUT2D eigenvalue weighted by Gasteiger charge is -2.16. The maximum atomic E-state index is 14.5. The maximum Gasteiger partial charge on any atom is 0.335 e. The molecule has 6 rings (SSSR count). The summed E-state index contributed by atoms with van der Waals surface area (Å²) in [5.41, 5.74) is 18.6. The van der Waals surface area contributed by atoms with Gasteiger partial charge in [0.05, 0.1) is 11.6 Å². The van der Waals surface area contributed by atoms with Gasteiger partial charge in [-0.25, -0.2) is 14.2 Å². The van der Waals surface area contributed by atoms with E-state index in [-0.39, 0.29) is 64.4 Å². The molecule has 0 aliphatic heterocycles. The number of amides is 2. The molecule has 2 heterocycles. The number of nitrogens with two attached hydrogens (primary N) is 3. The molecular formula is C31H28FN9O6. The number of nitrogens with zero attached hydrogens (tertiary/aromatic N) is 3. The number of nitrogens with one attached hydrogen (secondary N) is 3. The molecule has 5 aromatic rings. The number of rotatable bonds is 9. The summed E-state index contributed by atoms with van der Waals surface area (Å²) in [5, 5.41) is 17.7. The number of aromatic nitrogens is 3. The Morgan fingerprint density at radius 2 is 1.79 bits per heavy atom. The van der Waals surface area contributed by atoms with Crippen molar-refractivity contribution in [3.8, 4) is 0 Å². The molecule has 1 aliphatic carbocycles. The first-order chi connectivity index (χ1) is 22.3. The van der Waals surface area contributed by atoms with Crippen LogP contribution in [0.1, 0.15) is 71.6 Å². The summed E-state index contributed by atoms with van der Waals surface area (Å²) in [4.78, 5) is 69.8. The third-order valence-corrected chi connectivity index (χ3v) is 8.31. The number of halogens is 1. The number of aromatic carboxylic acids is 1. The highest BCUT2D eigenvalue weighted by atomic mass is 19.1. The van der Waals surface area contributed by atoms with Crippen molar-refractivity contribution >= 4 is 46.6 Å². The number of fused-ring (bicyclic) bond motifs is 2. The van der Waals surface area contributed by atoms with Gasteiger partial charge in [0.15, 0.2) is 11.5 Å². The average Bonchev–Trinajstić information content (AvgIpc) is 3.59. The van der Waals surface area contributed by atoms with Crippen molar-refractivity contribution in [2.75, 3.05) is 22.5 Å². The number of hydrogen-bond donors (Lipinski definition) is 7. The van der Waals surface area contributed by atoms with Gasteiger partial charge in [-0.2, -0.15) is 4.98 Å². The van der Waals surface area contributed by atoms with E-state index in [4.69, 9.17) is 17.2 Å². The third-order valence-electron chi connectivity index (χ3n) is 8.31. The van der Waals surface area contributed by atoms with Gasteiger partial charge in [0.1, 0.15) is 28.6 Å². The van der Waals surface area contributed by atoms with Crippen LogP contribution in [0.4, 0.5) is 27.5 Å². The Kier molecular flexibility index (Phi) is 7.55. The molecule has 10 N–H and O–H groups in total. The number of imidazole rings is 1. The van der Waals surface area contributed by atoms with Crippen LogP contribution in [0.2, 0.25) is 0 Å². The topological polar surface area (TPSA) is 250 Å². The van der Waals surface area contributed by atoms with E-state index in [1.54, 1.807) is 13.0 Å². The molecule has 240 valence electrons. The van der Waals surface area contributed by atoms with Crippen molar-refractivity contribution in [2.45, 2.75) is 38.9 Å². The number of hydrogen-bond acceptors (Lipinski definition) is 11. The van der Waals surface area contributed by atoms with E-state index in [1.165, 1.54) is 34.7 Å². The molecule has 0 unspecified atom stereocenters. The van der Waals surface area contributed by atoms with Gasteiger partial charge < -0.3 is 38.3 Å². The minimum absolute atomic E-state index is 0.0122. The Bertz CT molecular complexity index is 2220. The summed E-state index contributed by atoms with van der Waals surface area (Å²) in [6.07, 6.45) is 1.11. The SMILES string of the molecule is Cc1c(C(=O)O)ccc2c1CC[C@@H]2NC(=O)c1cc(C(=O)NCc2ccc(F)c(CNc3c(N)c(=O)c3=O)c2)n2c(N)nc(N)c2n1. The Morgan fingerprint density at radius 1 is 1.02 bits per heavy atom. The second-order valence-electron chi connectivity index (χ2n) is 11.1. The largest absolute Gasteiger partial charge is 0.478 e. The summed E-state index contributed by atoms with van der Waals surface area (Å²) in [6, 6.07) is 8.14. The van der Waals surface area contributed by atoms with E-state index in [1.807, 2.05) is 0 Å². The molecule has 0 spiro atoms. The molecule has 16 heteroatoms. The second-order valence-corrected chi connectivity index (χ2v) is 11.1. The minimum atomic E-state index is -1.03. The molecule has 0 fully saturated rings. The number of carbonyl (C=O) groups excluding carboxylic acids is 2. The number of carbonyl (C=O) groups is 3. The average molecular weight is 642 g/mol. The van der Waals surface area contributed by atoms with Crippen LogP contribution >= 0.6 is 0 Å². The van der Waals surface area contributed by atoms with Gasteiger partial charge in [0.2, 0.25) is 5.95 Å². The first-order valence-electron chi connectivity index (χ1n) is 14.3. The Balaban J connectivity index is 1.22. The summed E-state index contributed by atoms with van der Waals surface area (Å²) >= 11 is 0.